The van der Waals surface area contributed by atoms with Gasteiger partial charge in [-0.1, -0.05) is 18.2 Å². The third-order valence-corrected chi connectivity index (χ3v) is 6.57. The van der Waals surface area contributed by atoms with Gasteiger partial charge in [0.05, 0.1) is 5.69 Å². The number of hydrogen-bond donors (Lipinski definition) is 3. The van der Waals surface area contributed by atoms with E-state index in [2.05, 4.69) is 20.6 Å². The Morgan fingerprint density at radius 3 is 2.47 bits per heavy atom. The molecule has 0 bridgehead atoms. The Bertz CT molecular complexity index is 1620. The summed E-state index contributed by atoms with van der Waals surface area (Å²) in [6, 6.07) is 13.2. The van der Waals surface area contributed by atoms with Crippen molar-refractivity contribution >= 4 is 44.6 Å². The van der Waals surface area contributed by atoms with Crippen molar-refractivity contribution in [1.29, 1.82) is 0 Å². The van der Waals surface area contributed by atoms with Crippen molar-refractivity contribution in [3.05, 3.63) is 89.5 Å². The molecule has 10 heteroatoms. The molecule has 2 amide bonds. The van der Waals surface area contributed by atoms with Crippen molar-refractivity contribution in [3.8, 4) is 22.3 Å². The molecule has 3 aromatic heterocycles. The van der Waals surface area contributed by atoms with E-state index in [0.717, 1.165) is 22.8 Å². The molecule has 0 saturated carbocycles. The van der Waals surface area contributed by atoms with Crippen LogP contribution in [0.1, 0.15) is 5.56 Å². The van der Waals surface area contributed by atoms with Crippen LogP contribution in [0.3, 0.4) is 0 Å². The number of fused-ring (bicyclic) bond motifs is 1. The number of urea groups is 1. The number of pyridine rings is 2. The molecule has 0 aliphatic carbocycles. The van der Waals surface area contributed by atoms with E-state index >= 15 is 0 Å². The van der Waals surface area contributed by atoms with Gasteiger partial charge in [-0.3, -0.25) is 0 Å². The first-order chi connectivity index (χ1) is 17.3. The standard InChI is InChI=1S/C26H18F3N5OS/c1-13-2-8-19(27)20(10-13)33-26(35)32-15-5-3-14(4-6-15)18-12-36-23-17(11-31-25(30)22(18)23)16-7-9-21(28)34-24(16)29/h2-12H,1H3,(H2,30,31)(H2,32,33,35). The first-order valence-electron chi connectivity index (χ1n) is 10.7. The molecule has 0 atom stereocenters. The van der Waals surface area contributed by atoms with Gasteiger partial charge >= 0.3 is 6.03 Å². The Hall–Kier alpha value is -4.44. The first-order valence-corrected chi connectivity index (χ1v) is 11.6. The molecular weight excluding hydrogens is 487 g/mol. The van der Waals surface area contributed by atoms with Crippen molar-refractivity contribution in [2.75, 3.05) is 16.4 Å². The predicted octanol–water partition coefficient (Wildman–Crippen LogP) is 6.98. The molecule has 0 saturated heterocycles. The maximum atomic E-state index is 14.4. The highest BCUT2D eigenvalue weighted by molar-refractivity contribution is 7.18. The number of amides is 2. The highest BCUT2D eigenvalue weighted by Crippen LogP contribution is 2.42. The normalized spacial score (nSPS) is 11.0. The minimum Gasteiger partial charge on any atom is -0.383 e. The number of aryl methyl sites for hydroxylation is 1. The Kier molecular flexibility index (Phi) is 6.03. The number of carbonyl (C=O) groups is 1. The number of aromatic nitrogens is 2. The van der Waals surface area contributed by atoms with Gasteiger partial charge in [-0.25, -0.2) is 14.2 Å². The molecule has 4 N–H and O–H groups in total. The van der Waals surface area contributed by atoms with Crippen molar-refractivity contribution < 1.29 is 18.0 Å². The first kappa shape index (κ1) is 23.3. The number of hydrogen-bond acceptors (Lipinski definition) is 5. The van der Waals surface area contributed by atoms with Gasteiger partial charge in [-0.05, 0) is 59.8 Å². The number of carbonyl (C=O) groups excluding carboxylic acids is 1. The SMILES string of the molecule is Cc1ccc(F)c(NC(=O)Nc2ccc(-c3csc4c(-c5ccc(F)nc5F)cnc(N)c34)cc2)c1. The van der Waals surface area contributed by atoms with E-state index in [0.29, 0.717) is 21.3 Å². The maximum Gasteiger partial charge on any atom is 0.323 e. The van der Waals surface area contributed by atoms with Gasteiger partial charge in [0.1, 0.15) is 11.6 Å². The zero-order chi connectivity index (χ0) is 25.4. The molecule has 0 spiro atoms. The highest BCUT2D eigenvalue weighted by Gasteiger charge is 2.18. The van der Waals surface area contributed by atoms with Gasteiger partial charge in [0, 0.05) is 38.7 Å². The average molecular weight is 506 g/mol. The number of nitrogens with one attached hydrogen (secondary N) is 2. The molecule has 2 aromatic carbocycles. The van der Waals surface area contributed by atoms with Crippen LogP contribution in [0.4, 0.5) is 35.2 Å². The van der Waals surface area contributed by atoms with E-state index in [9.17, 15) is 18.0 Å². The molecule has 36 heavy (non-hydrogen) atoms. The molecule has 6 nitrogen and oxygen atoms in total. The van der Waals surface area contributed by atoms with E-state index in [-0.39, 0.29) is 17.1 Å². The largest absolute Gasteiger partial charge is 0.383 e. The zero-order valence-corrected chi connectivity index (χ0v) is 19.6. The maximum absolute atomic E-state index is 14.4. The van der Waals surface area contributed by atoms with Gasteiger partial charge < -0.3 is 16.4 Å². The molecule has 0 aliphatic rings. The number of anilines is 3. The summed E-state index contributed by atoms with van der Waals surface area (Å²) >= 11 is 1.35. The minimum atomic E-state index is -0.933. The van der Waals surface area contributed by atoms with E-state index in [1.165, 1.54) is 29.7 Å². The Balaban J connectivity index is 1.42. The molecule has 0 aliphatic heterocycles. The monoisotopic (exact) mass is 505 g/mol. The summed E-state index contributed by atoms with van der Waals surface area (Å²) in [6.07, 6.45) is 1.44. The van der Waals surface area contributed by atoms with E-state index < -0.39 is 23.7 Å². The third kappa shape index (κ3) is 4.46. The van der Waals surface area contributed by atoms with Gasteiger partial charge in [-0.2, -0.15) is 13.8 Å². The second kappa shape index (κ2) is 9.31. The smallest absolute Gasteiger partial charge is 0.323 e. The van der Waals surface area contributed by atoms with Crippen molar-refractivity contribution in [1.82, 2.24) is 9.97 Å². The lowest BCUT2D eigenvalue weighted by Crippen LogP contribution is -2.20. The molecule has 0 fully saturated rings. The number of rotatable bonds is 4. The number of halogens is 3. The van der Waals surface area contributed by atoms with Gasteiger partial charge in [0.15, 0.2) is 0 Å². The molecule has 5 aromatic rings. The van der Waals surface area contributed by atoms with E-state index in [4.69, 9.17) is 5.73 Å². The lowest BCUT2D eigenvalue weighted by molar-refractivity contribution is 0.262. The molecule has 5 rings (SSSR count). The van der Waals surface area contributed by atoms with Gasteiger partial charge in [0.25, 0.3) is 0 Å². The molecule has 180 valence electrons. The summed E-state index contributed by atoms with van der Waals surface area (Å²) in [5.74, 6) is -2.11. The molecule has 3 heterocycles. The van der Waals surface area contributed by atoms with Crippen LogP contribution >= 0.6 is 11.3 Å². The van der Waals surface area contributed by atoms with Crippen molar-refractivity contribution in [3.63, 3.8) is 0 Å². The topological polar surface area (TPSA) is 92.9 Å². The summed E-state index contributed by atoms with van der Waals surface area (Å²) in [5, 5.41) is 7.67. The van der Waals surface area contributed by atoms with Crippen LogP contribution in [0.15, 0.2) is 66.2 Å². The highest BCUT2D eigenvalue weighted by atomic mass is 32.1. The second-order valence-corrected chi connectivity index (χ2v) is 8.90. The van der Waals surface area contributed by atoms with Crippen LogP contribution in [0, 0.1) is 24.6 Å². The van der Waals surface area contributed by atoms with Crippen LogP contribution in [-0.2, 0) is 0 Å². The lowest BCUT2D eigenvalue weighted by Gasteiger charge is -2.10. The summed E-state index contributed by atoms with van der Waals surface area (Å²) in [7, 11) is 0. The van der Waals surface area contributed by atoms with E-state index in [1.54, 1.807) is 43.3 Å². The lowest BCUT2D eigenvalue weighted by atomic mass is 10.0. The van der Waals surface area contributed by atoms with Gasteiger partial charge in [0.2, 0.25) is 11.9 Å². The molecule has 0 radical (unpaired) electrons. The number of nitrogen functional groups attached to an aromatic ring is 1. The summed E-state index contributed by atoms with van der Waals surface area (Å²) < 4.78 is 42.3. The number of thiophene rings is 1. The van der Waals surface area contributed by atoms with Crippen LogP contribution in [-0.4, -0.2) is 16.0 Å². The van der Waals surface area contributed by atoms with Gasteiger partial charge in [-0.15, -0.1) is 11.3 Å². The summed E-state index contributed by atoms with van der Waals surface area (Å²) in [6.45, 7) is 1.80. The third-order valence-electron chi connectivity index (χ3n) is 5.55. The van der Waals surface area contributed by atoms with Crippen LogP contribution < -0.4 is 16.4 Å². The summed E-state index contributed by atoms with van der Waals surface area (Å²) in [5.41, 5.74) is 9.71. The van der Waals surface area contributed by atoms with Crippen LogP contribution in [0.5, 0.6) is 0 Å². The quantitative estimate of drug-likeness (QED) is 0.230. The number of nitrogens with two attached hydrogens (primary N) is 1. The average Bonchev–Trinajstić information content (AvgIpc) is 3.29. The van der Waals surface area contributed by atoms with E-state index in [1.807, 2.05) is 5.38 Å². The van der Waals surface area contributed by atoms with Crippen molar-refractivity contribution in [2.45, 2.75) is 6.92 Å². The minimum absolute atomic E-state index is 0.0837. The molecule has 0 unspecified atom stereocenters. The Labute approximate surface area is 207 Å². The number of nitrogens with zero attached hydrogens (tertiary/aromatic N) is 2. The second-order valence-electron chi connectivity index (χ2n) is 8.02. The zero-order valence-electron chi connectivity index (χ0n) is 18.8. The van der Waals surface area contributed by atoms with Crippen LogP contribution in [0.25, 0.3) is 32.3 Å². The fourth-order valence-corrected chi connectivity index (χ4v) is 4.95. The fourth-order valence-electron chi connectivity index (χ4n) is 3.84. The van der Waals surface area contributed by atoms with Crippen molar-refractivity contribution in [2.24, 2.45) is 0 Å². The summed E-state index contributed by atoms with van der Waals surface area (Å²) in [4.78, 5) is 19.8. The Morgan fingerprint density at radius 1 is 0.944 bits per heavy atom. The predicted molar refractivity (Wildman–Crippen MR) is 136 cm³/mol. The molecular formula is C26H18F3N5OS. The Morgan fingerprint density at radius 2 is 1.72 bits per heavy atom. The fraction of sp³-hybridized carbons (Fsp3) is 0.0385. The van der Waals surface area contributed by atoms with Crippen LogP contribution in [0.2, 0.25) is 0 Å². The number of benzene rings is 2.